The zero-order valence-corrected chi connectivity index (χ0v) is 8.62. The smallest absolute Gasteiger partial charge is 0.220 e. The number of carbonyl (C=O) groups is 1. The summed E-state index contributed by atoms with van der Waals surface area (Å²) >= 11 is 0. The van der Waals surface area contributed by atoms with E-state index in [1.54, 1.807) is 12.4 Å². The third kappa shape index (κ3) is 3.06. The minimum absolute atomic E-state index is 0.111. The van der Waals surface area contributed by atoms with E-state index in [1.807, 2.05) is 0 Å². The molecule has 1 aliphatic rings. The average Bonchev–Trinajstić information content (AvgIpc) is 2.86. The van der Waals surface area contributed by atoms with Crippen molar-refractivity contribution in [2.45, 2.75) is 19.4 Å². The maximum atomic E-state index is 11.5. The molecule has 0 aromatic carbocycles. The Morgan fingerprint density at radius 3 is 3.27 bits per heavy atom. The van der Waals surface area contributed by atoms with Crippen LogP contribution in [-0.4, -0.2) is 29.0 Å². The minimum Gasteiger partial charge on any atom is -0.349 e. The van der Waals surface area contributed by atoms with Gasteiger partial charge < -0.3 is 15.6 Å². The van der Waals surface area contributed by atoms with Crippen LogP contribution in [0.1, 0.15) is 18.7 Å². The van der Waals surface area contributed by atoms with Crippen molar-refractivity contribution in [3.05, 3.63) is 18.2 Å². The third-order valence-corrected chi connectivity index (χ3v) is 2.64. The molecule has 0 spiro atoms. The van der Waals surface area contributed by atoms with Gasteiger partial charge in [0.05, 0.1) is 6.54 Å². The Bertz CT molecular complexity index is 303. The molecule has 0 aliphatic carbocycles. The Morgan fingerprint density at radius 1 is 1.67 bits per heavy atom. The lowest BCUT2D eigenvalue weighted by molar-refractivity contribution is -0.122. The summed E-state index contributed by atoms with van der Waals surface area (Å²) in [6.07, 6.45) is 5.16. The predicted molar refractivity (Wildman–Crippen MR) is 56.0 cm³/mol. The number of hydrogen-bond acceptors (Lipinski definition) is 3. The lowest BCUT2D eigenvalue weighted by atomic mass is 10.0. The second-order valence-corrected chi connectivity index (χ2v) is 3.88. The van der Waals surface area contributed by atoms with Crippen molar-refractivity contribution in [2.24, 2.45) is 5.92 Å². The van der Waals surface area contributed by atoms with E-state index in [1.165, 1.54) is 0 Å². The molecule has 0 saturated carbocycles. The van der Waals surface area contributed by atoms with E-state index in [2.05, 4.69) is 20.6 Å². The summed E-state index contributed by atoms with van der Waals surface area (Å²) in [5.41, 5.74) is 0. The lowest BCUT2D eigenvalue weighted by Gasteiger charge is -2.07. The molecule has 1 aromatic heterocycles. The van der Waals surface area contributed by atoms with Crippen LogP contribution in [0.15, 0.2) is 12.4 Å². The van der Waals surface area contributed by atoms with Gasteiger partial charge in [-0.15, -0.1) is 0 Å². The first-order chi connectivity index (χ1) is 7.34. The summed E-state index contributed by atoms with van der Waals surface area (Å²) in [5, 5.41) is 6.10. The lowest BCUT2D eigenvalue weighted by Crippen LogP contribution is -2.26. The van der Waals surface area contributed by atoms with E-state index in [0.29, 0.717) is 18.9 Å². The number of amides is 1. The molecule has 1 saturated heterocycles. The van der Waals surface area contributed by atoms with E-state index in [0.717, 1.165) is 25.3 Å². The van der Waals surface area contributed by atoms with E-state index in [4.69, 9.17) is 0 Å². The summed E-state index contributed by atoms with van der Waals surface area (Å²) in [6.45, 7) is 2.50. The molecule has 2 heterocycles. The van der Waals surface area contributed by atoms with Crippen LogP contribution in [0.2, 0.25) is 0 Å². The van der Waals surface area contributed by atoms with Gasteiger partial charge in [-0.3, -0.25) is 4.79 Å². The van der Waals surface area contributed by atoms with Gasteiger partial charge in [0.25, 0.3) is 0 Å². The summed E-state index contributed by atoms with van der Waals surface area (Å²) < 4.78 is 0. The summed E-state index contributed by atoms with van der Waals surface area (Å²) in [4.78, 5) is 18.5. The topological polar surface area (TPSA) is 69.8 Å². The zero-order chi connectivity index (χ0) is 10.5. The van der Waals surface area contributed by atoms with Crippen LogP contribution in [0.3, 0.4) is 0 Å². The van der Waals surface area contributed by atoms with Gasteiger partial charge in [-0.2, -0.15) is 0 Å². The van der Waals surface area contributed by atoms with E-state index in [9.17, 15) is 4.79 Å². The Labute approximate surface area is 88.7 Å². The van der Waals surface area contributed by atoms with Crippen molar-refractivity contribution >= 4 is 5.91 Å². The summed E-state index contributed by atoms with van der Waals surface area (Å²) in [5.74, 6) is 1.41. The number of carbonyl (C=O) groups excluding carboxylic acids is 1. The number of rotatable bonds is 4. The highest BCUT2D eigenvalue weighted by Gasteiger charge is 2.17. The number of nitrogens with zero attached hydrogens (tertiary/aromatic N) is 1. The van der Waals surface area contributed by atoms with Crippen LogP contribution in [-0.2, 0) is 11.3 Å². The van der Waals surface area contributed by atoms with Crippen molar-refractivity contribution in [1.82, 2.24) is 20.6 Å². The van der Waals surface area contributed by atoms with Crippen LogP contribution in [0.25, 0.3) is 0 Å². The van der Waals surface area contributed by atoms with Gasteiger partial charge in [0, 0.05) is 18.8 Å². The van der Waals surface area contributed by atoms with Gasteiger partial charge in [0.1, 0.15) is 5.82 Å². The van der Waals surface area contributed by atoms with Gasteiger partial charge in [0.15, 0.2) is 0 Å². The number of nitrogens with one attached hydrogen (secondary N) is 3. The molecular formula is C10H16N4O. The molecule has 1 aliphatic heterocycles. The molecule has 1 amide bonds. The molecule has 1 fully saturated rings. The Hall–Kier alpha value is -1.36. The van der Waals surface area contributed by atoms with E-state index >= 15 is 0 Å². The second kappa shape index (κ2) is 4.93. The van der Waals surface area contributed by atoms with Crippen molar-refractivity contribution in [3.8, 4) is 0 Å². The fraction of sp³-hybridized carbons (Fsp3) is 0.600. The van der Waals surface area contributed by atoms with Crippen LogP contribution in [0.5, 0.6) is 0 Å². The maximum absolute atomic E-state index is 11.5. The van der Waals surface area contributed by atoms with Crippen molar-refractivity contribution in [3.63, 3.8) is 0 Å². The molecular weight excluding hydrogens is 192 g/mol. The van der Waals surface area contributed by atoms with Crippen molar-refractivity contribution < 1.29 is 4.79 Å². The van der Waals surface area contributed by atoms with Crippen LogP contribution < -0.4 is 10.6 Å². The van der Waals surface area contributed by atoms with Crippen LogP contribution >= 0.6 is 0 Å². The second-order valence-electron chi connectivity index (χ2n) is 3.88. The molecule has 15 heavy (non-hydrogen) atoms. The molecule has 2 rings (SSSR count). The fourth-order valence-electron chi connectivity index (χ4n) is 1.80. The molecule has 82 valence electrons. The standard InChI is InChI=1S/C10H16N4O/c15-10(5-8-1-2-11-6-8)14-7-9-12-3-4-13-9/h3-4,8,11H,1-2,5-7H2,(H,12,13)(H,14,15). The number of H-pyrrole nitrogens is 1. The fourth-order valence-corrected chi connectivity index (χ4v) is 1.80. The highest BCUT2D eigenvalue weighted by Crippen LogP contribution is 2.11. The van der Waals surface area contributed by atoms with E-state index in [-0.39, 0.29) is 5.91 Å². The number of aromatic amines is 1. The highest BCUT2D eigenvalue weighted by atomic mass is 16.1. The molecule has 5 nitrogen and oxygen atoms in total. The van der Waals surface area contributed by atoms with E-state index < -0.39 is 0 Å². The Balaban J connectivity index is 1.68. The molecule has 1 aromatic rings. The number of imidazole rings is 1. The Kier molecular flexibility index (Phi) is 3.34. The van der Waals surface area contributed by atoms with Crippen LogP contribution in [0, 0.1) is 5.92 Å². The van der Waals surface area contributed by atoms with Crippen molar-refractivity contribution in [1.29, 1.82) is 0 Å². The average molecular weight is 208 g/mol. The molecule has 3 N–H and O–H groups in total. The van der Waals surface area contributed by atoms with Gasteiger partial charge in [-0.25, -0.2) is 4.98 Å². The normalized spacial score (nSPS) is 20.4. The maximum Gasteiger partial charge on any atom is 0.220 e. The first-order valence-electron chi connectivity index (χ1n) is 5.30. The quantitative estimate of drug-likeness (QED) is 0.653. The predicted octanol–water partition coefficient (Wildman–Crippen LogP) is 0.0255. The van der Waals surface area contributed by atoms with Crippen molar-refractivity contribution in [2.75, 3.05) is 13.1 Å². The molecule has 0 radical (unpaired) electrons. The number of hydrogen-bond donors (Lipinski definition) is 3. The largest absolute Gasteiger partial charge is 0.349 e. The van der Waals surface area contributed by atoms with Crippen LogP contribution in [0.4, 0.5) is 0 Å². The SMILES string of the molecule is O=C(CC1CCNC1)NCc1ncc[nH]1. The van der Waals surface area contributed by atoms with Gasteiger partial charge in [-0.05, 0) is 25.4 Å². The van der Waals surface area contributed by atoms with Gasteiger partial charge in [0.2, 0.25) is 5.91 Å². The Morgan fingerprint density at radius 2 is 2.60 bits per heavy atom. The molecule has 1 atom stereocenters. The molecule has 5 heteroatoms. The molecule has 0 bridgehead atoms. The minimum atomic E-state index is 0.111. The zero-order valence-electron chi connectivity index (χ0n) is 8.62. The monoisotopic (exact) mass is 208 g/mol. The molecule has 1 unspecified atom stereocenters. The third-order valence-electron chi connectivity index (χ3n) is 2.64. The first-order valence-corrected chi connectivity index (χ1v) is 5.30. The first kappa shape index (κ1) is 10.2. The van der Waals surface area contributed by atoms with Gasteiger partial charge in [-0.1, -0.05) is 0 Å². The summed E-state index contributed by atoms with van der Waals surface area (Å²) in [6, 6.07) is 0. The highest BCUT2D eigenvalue weighted by molar-refractivity contribution is 5.76. The van der Waals surface area contributed by atoms with Gasteiger partial charge >= 0.3 is 0 Å². The number of aromatic nitrogens is 2. The summed E-state index contributed by atoms with van der Waals surface area (Å²) in [7, 11) is 0.